The van der Waals surface area contributed by atoms with Crippen molar-refractivity contribution in [2.75, 3.05) is 52.5 Å². The Balaban J connectivity index is 0.00000520. The lowest BCUT2D eigenvalue weighted by Crippen LogP contribution is -2.46. The first-order chi connectivity index (χ1) is 22.5. The van der Waals surface area contributed by atoms with Gasteiger partial charge in [-0.25, -0.2) is 9.18 Å². The van der Waals surface area contributed by atoms with Crippen molar-refractivity contribution in [1.82, 2.24) is 15.1 Å². The van der Waals surface area contributed by atoms with E-state index in [2.05, 4.69) is 23.2 Å². The highest BCUT2D eigenvalue weighted by atomic mass is 35.5. The molecule has 3 N–H and O–H groups in total. The number of primary amides is 1. The molecule has 0 bridgehead atoms. The van der Waals surface area contributed by atoms with Crippen LogP contribution >= 0.6 is 12.4 Å². The summed E-state index contributed by atoms with van der Waals surface area (Å²) in [5.41, 5.74) is 9.47. The molecule has 262 valence electrons. The van der Waals surface area contributed by atoms with Crippen molar-refractivity contribution in [3.8, 4) is 11.5 Å². The van der Waals surface area contributed by atoms with Gasteiger partial charge >= 0.3 is 12.0 Å². The highest BCUT2D eigenvalue weighted by molar-refractivity contribution is 5.94. The number of aryl methyl sites for hydroxylation is 1. The molecule has 2 aromatic carbocycles. The fourth-order valence-electron chi connectivity index (χ4n) is 6.79. The largest absolute Gasteiger partial charge is 0.483 e. The van der Waals surface area contributed by atoms with Gasteiger partial charge in [0.1, 0.15) is 22.9 Å². The van der Waals surface area contributed by atoms with Gasteiger partial charge in [-0.1, -0.05) is 19.1 Å². The first kappa shape index (κ1) is 37.3. The second-order valence-electron chi connectivity index (χ2n) is 13.3. The minimum absolute atomic E-state index is 0. The number of morpholine rings is 1. The first-order valence-corrected chi connectivity index (χ1v) is 16.6. The van der Waals surface area contributed by atoms with Gasteiger partial charge in [0.25, 0.3) is 0 Å². The third-order valence-electron chi connectivity index (χ3n) is 9.30. The summed E-state index contributed by atoms with van der Waals surface area (Å²) in [5.74, 6) is 0.242. The molecule has 3 amide bonds. The number of nitrogens with zero attached hydrogens (tertiary/aromatic N) is 2. The number of halogens is 2. The molecule has 0 spiro atoms. The van der Waals surface area contributed by atoms with Gasteiger partial charge < -0.3 is 19.9 Å². The third kappa shape index (κ3) is 9.78. The zero-order valence-electron chi connectivity index (χ0n) is 28.1. The van der Waals surface area contributed by atoms with Gasteiger partial charge in [0.15, 0.2) is 0 Å². The fraction of sp³-hybridized carbons (Fsp3) is 0.528. The Morgan fingerprint density at radius 2 is 1.79 bits per heavy atom. The molecule has 0 saturated carbocycles. The van der Waals surface area contributed by atoms with Crippen molar-refractivity contribution in [2.45, 2.75) is 70.8 Å². The van der Waals surface area contributed by atoms with Gasteiger partial charge in [-0.2, -0.15) is 0 Å². The molecule has 2 aromatic rings. The molecule has 48 heavy (non-hydrogen) atoms. The SMILES string of the molecule is CC(CCCc1ccc(F)cc1)c1cc(OC(=O)CCCN2CCOCC2)c2c(c1)OC(C)(C)C1=C2CN(CC(=O)NC(N)=O)CC1.Cl. The van der Waals surface area contributed by atoms with Crippen molar-refractivity contribution in [1.29, 1.82) is 0 Å². The molecule has 0 aliphatic carbocycles. The highest BCUT2D eigenvalue weighted by Gasteiger charge is 2.40. The number of nitrogens with two attached hydrogens (primary N) is 1. The van der Waals surface area contributed by atoms with Crippen molar-refractivity contribution >= 4 is 35.9 Å². The van der Waals surface area contributed by atoms with E-state index in [9.17, 15) is 18.8 Å². The second kappa shape index (κ2) is 16.7. The van der Waals surface area contributed by atoms with Crippen LogP contribution in [-0.2, 0) is 20.7 Å². The molecule has 1 unspecified atom stereocenters. The van der Waals surface area contributed by atoms with Crippen molar-refractivity contribution in [3.63, 3.8) is 0 Å². The minimum Gasteiger partial charge on any atom is -0.483 e. The molecule has 0 radical (unpaired) electrons. The minimum atomic E-state index is -0.883. The van der Waals surface area contributed by atoms with Crippen molar-refractivity contribution in [3.05, 3.63) is 64.5 Å². The molecule has 5 rings (SSSR count). The van der Waals surface area contributed by atoms with E-state index in [-0.39, 0.29) is 43.1 Å². The summed E-state index contributed by atoms with van der Waals surface area (Å²) < 4.78 is 31.6. The maximum absolute atomic E-state index is 13.4. The van der Waals surface area contributed by atoms with Crippen LogP contribution in [0.1, 0.15) is 75.5 Å². The summed E-state index contributed by atoms with van der Waals surface area (Å²) in [7, 11) is 0. The quantitative estimate of drug-likeness (QED) is 0.230. The zero-order chi connectivity index (χ0) is 33.6. The van der Waals surface area contributed by atoms with E-state index >= 15 is 0 Å². The molecule has 12 heteroatoms. The van der Waals surface area contributed by atoms with Crippen LogP contribution in [0.25, 0.3) is 5.57 Å². The van der Waals surface area contributed by atoms with E-state index < -0.39 is 17.5 Å². The van der Waals surface area contributed by atoms with Crippen molar-refractivity contribution in [2.24, 2.45) is 5.73 Å². The van der Waals surface area contributed by atoms with E-state index in [1.54, 1.807) is 0 Å². The van der Waals surface area contributed by atoms with E-state index in [1.807, 2.05) is 36.9 Å². The smallest absolute Gasteiger partial charge is 0.318 e. The van der Waals surface area contributed by atoms with Crippen LogP contribution in [-0.4, -0.2) is 85.8 Å². The summed E-state index contributed by atoms with van der Waals surface area (Å²) in [6.07, 6.45) is 4.23. The Kier molecular flexibility index (Phi) is 13.0. The highest BCUT2D eigenvalue weighted by Crippen LogP contribution is 2.49. The standard InChI is InChI=1S/C36H47FN4O6.ClH/c1-24(6-4-7-25-9-11-27(37)12-10-25)26-20-30(46-33(43)8-5-14-40-16-18-45-19-17-40)34-28-22-41(23-32(42)39-35(38)44)15-13-29(28)36(2,3)47-31(34)21-26;/h9-12,20-21,24H,4-8,13-19,22-23H2,1-3H3,(H3,38,39,42,44);1H. The van der Waals surface area contributed by atoms with E-state index in [1.165, 1.54) is 12.1 Å². The average molecular weight is 687 g/mol. The van der Waals surface area contributed by atoms with E-state index in [4.69, 9.17) is 19.9 Å². The topological polar surface area (TPSA) is 123 Å². The Morgan fingerprint density at radius 3 is 2.50 bits per heavy atom. The number of benzene rings is 2. The number of fused-ring (bicyclic) bond motifs is 2. The summed E-state index contributed by atoms with van der Waals surface area (Å²) >= 11 is 0. The van der Waals surface area contributed by atoms with Gasteiger partial charge in [0, 0.05) is 32.6 Å². The predicted molar refractivity (Wildman–Crippen MR) is 184 cm³/mol. The molecule has 0 aromatic heterocycles. The van der Waals surface area contributed by atoms with Gasteiger partial charge in [-0.3, -0.25) is 24.7 Å². The first-order valence-electron chi connectivity index (χ1n) is 16.6. The third-order valence-corrected chi connectivity index (χ3v) is 9.30. The number of carbonyl (C=O) groups is 3. The van der Waals surface area contributed by atoms with E-state index in [0.717, 1.165) is 66.7 Å². The maximum atomic E-state index is 13.4. The number of esters is 1. The predicted octanol–water partition coefficient (Wildman–Crippen LogP) is 5.22. The number of nitrogens with one attached hydrogen (secondary N) is 1. The molecular formula is C36H48ClFN4O6. The summed E-state index contributed by atoms with van der Waals surface area (Å²) in [6.45, 7) is 11.2. The van der Waals surface area contributed by atoms with Crippen LogP contribution in [0.5, 0.6) is 11.5 Å². The molecule has 3 aliphatic heterocycles. The lowest BCUT2D eigenvalue weighted by atomic mass is 9.80. The number of amides is 3. The van der Waals surface area contributed by atoms with Gasteiger partial charge in [0.05, 0.1) is 25.3 Å². The maximum Gasteiger partial charge on any atom is 0.318 e. The second-order valence-corrected chi connectivity index (χ2v) is 13.3. The lowest BCUT2D eigenvalue weighted by molar-refractivity contribution is -0.134. The number of hydrogen-bond acceptors (Lipinski definition) is 8. The van der Waals surface area contributed by atoms with Gasteiger partial charge in [0.2, 0.25) is 5.91 Å². The number of imide groups is 1. The Morgan fingerprint density at radius 1 is 1.06 bits per heavy atom. The number of urea groups is 1. The fourth-order valence-corrected chi connectivity index (χ4v) is 6.79. The Hall–Kier alpha value is -3.51. The number of hydrogen-bond donors (Lipinski definition) is 2. The number of ether oxygens (including phenoxy) is 3. The normalized spacial score (nSPS) is 18.1. The van der Waals surface area contributed by atoms with Crippen molar-refractivity contribution < 1.29 is 33.0 Å². The van der Waals surface area contributed by atoms with Crippen LogP contribution in [0.15, 0.2) is 42.0 Å². The molecule has 1 atom stereocenters. The van der Waals surface area contributed by atoms with Gasteiger partial charge in [-0.15, -0.1) is 12.4 Å². The van der Waals surface area contributed by atoms with E-state index in [0.29, 0.717) is 50.6 Å². The van der Waals surface area contributed by atoms with Crippen LogP contribution in [0.4, 0.5) is 9.18 Å². The Labute approximate surface area is 288 Å². The Bertz CT molecular complexity index is 1490. The molecule has 1 fully saturated rings. The summed E-state index contributed by atoms with van der Waals surface area (Å²) in [4.78, 5) is 41.2. The zero-order valence-corrected chi connectivity index (χ0v) is 29.0. The van der Waals surface area contributed by atoms with Crippen LogP contribution in [0, 0.1) is 5.82 Å². The summed E-state index contributed by atoms with van der Waals surface area (Å²) in [5, 5.41) is 2.15. The van der Waals surface area contributed by atoms with Crippen LogP contribution < -0.4 is 20.5 Å². The molecule has 3 heterocycles. The molecule has 1 saturated heterocycles. The van der Waals surface area contributed by atoms with Crippen LogP contribution in [0.3, 0.4) is 0 Å². The summed E-state index contributed by atoms with van der Waals surface area (Å²) in [6, 6.07) is 9.75. The molecule has 3 aliphatic rings. The average Bonchev–Trinajstić information content (AvgIpc) is 3.01. The van der Waals surface area contributed by atoms with Gasteiger partial charge in [-0.05, 0) is 105 Å². The molecule has 10 nitrogen and oxygen atoms in total. The lowest BCUT2D eigenvalue weighted by Gasteiger charge is -2.42. The monoisotopic (exact) mass is 686 g/mol. The number of carbonyl (C=O) groups excluding carboxylic acids is 3. The molecular weight excluding hydrogens is 639 g/mol. The number of rotatable bonds is 12. The van der Waals surface area contributed by atoms with Crippen LogP contribution in [0.2, 0.25) is 0 Å².